The zero-order valence-corrected chi connectivity index (χ0v) is 12.1. The van der Waals surface area contributed by atoms with E-state index in [9.17, 15) is 9.90 Å². The van der Waals surface area contributed by atoms with Gasteiger partial charge in [-0.15, -0.1) is 0 Å². The van der Waals surface area contributed by atoms with Crippen molar-refractivity contribution in [1.82, 2.24) is 10.6 Å². The van der Waals surface area contributed by atoms with Crippen LogP contribution in [0.5, 0.6) is 0 Å². The van der Waals surface area contributed by atoms with Gasteiger partial charge >= 0.3 is 0 Å². The number of thiocarbonyl (C=S) groups is 1. The van der Waals surface area contributed by atoms with Crippen LogP contribution in [0.1, 0.15) is 22.0 Å². The molecule has 0 fully saturated rings. The Labute approximate surface area is 128 Å². The Morgan fingerprint density at radius 2 is 1.62 bits per heavy atom. The number of hydrogen-bond donors (Lipinski definition) is 3. The second-order valence-corrected chi connectivity index (χ2v) is 4.86. The Morgan fingerprint density at radius 3 is 2.24 bits per heavy atom. The van der Waals surface area contributed by atoms with E-state index in [1.54, 1.807) is 24.3 Å². The van der Waals surface area contributed by atoms with Crippen LogP contribution in [0.15, 0.2) is 60.7 Å². The van der Waals surface area contributed by atoms with Gasteiger partial charge in [0.15, 0.2) is 5.11 Å². The minimum Gasteiger partial charge on any atom is -0.387 e. The lowest BCUT2D eigenvalue weighted by Gasteiger charge is -2.14. The molecule has 3 N–H and O–H groups in total. The molecule has 1 amide bonds. The molecule has 0 aliphatic rings. The number of carbonyl (C=O) groups is 1. The van der Waals surface area contributed by atoms with Crippen LogP contribution in [0.25, 0.3) is 0 Å². The van der Waals surface area contributed by atoms with Crippen LogP contribution in [-0.2, 0) is 0 Å². The SMILES string of the molecule is O=C(NC(=S)NCC(O)c1ccccc1)c1ccccc1. The lowest BCUT2D eigenvalue weighted by atomic mass is 10.1. The number of hydrogen-bond acceptors (Lipinski definition) is 3. The summed E-state index contributed by atoms with van der Waals surface area (Å²) < 4.78 is 0. The summed E-state index contributed by atoms with van der Waals surface area (Å²) >= 11 is 5.04. The van der Waals surface area contributed by atoms with Crippen molar-refractivity contribution < 1.29 is 9.90 Å². The molecule has 1 unspecified atom stereocenters. The molecule has 0 spiro atoms. The molecule has 108 valence electrons. The van der Waals surface area contributed by atoms with E-state index in [-0.39, 0.29) is 17.6 Å². The third kappa shape index (κ3) is 4.66. The zero-order valence-electron chi connectivity index (χ0n) is 11.3. The van der Waals surface area contributed by atoms with Crippen LogP contribution in [-0.4, -0.2) is 22.7 Å². The monoisotopic (exact) mass is 300 g/mol. The van der Waals surface area contributed by atoms with Crippen molar-refractivity contribution in [1.29, 1.82) is 0 Å². The summed E-state index contributed by atoms with van der Waals surface area (Å²) in [6, 6.07) is 18.1. The second-order valence-electron chi connectivity index (χ2n) is 4.46. The molecule has 0 saturated heterocycles. The molecular formula is C16H16N2O2S. The van der Waals surface area contributed by atoms with Crippen molar-refractivity contribution in [2.24, 2.45) is 0 Å². The van der Waals surface area contributed by atoms with Crippen molar-refractivity contribution in [3.8, 4) is 0 Å². The third-order valence-electron chi connectivity index (χ3n) is 2.90. The maximum Gasteiger partial charge on any atom is 0.257 e. The van der Waals surface area contributed by atoms with E-state index in [1.165, 1.54) is 0 Å². The topological polar surface area (TPSA) is 61.4 Å². The van der Waals surface area contributed by atoms with Gasteiger partial charge in [-0.2, -0.15) is 0 Å². The van der Waals surface area contributed by atoms with Gasteiger partial charge in [0.05, 0.1) is 6.10 Å². The van der Waals surface area contributed by atoms with Gasteiger partial charge < -0.3 is 10.4 Å². The Bertz CT molecular complexity index is 602. The highest BCUT2D eigenvalue weighted by atomic mass is 32.1. The molecular weight excluding hydrogens is 284 g/mol. The first-order chi connectivity index (χ1) is 10.2. The first-order valence-electron chi connectivity index (χ1n) is 6.54. The summed E-state index contributed by atoms with van der Waals surface area (Å²) in [6.07, 6.45) is -0.683. The van der Waals surface area contributed by atoms with Gasteiger partial charge in [-0.3, -0.25) is 10.1 Å². The number of aliphatic hydroxyl groups excluding tert-OH is 1. The molecule has 0 radical (unpaired) electrons. The molecule has 5 heteroatoms. The number of aliphatic hydroxyl groups is 1. The minimum atomic E-state index is -0.683. The van der Waals surface area contributed by atoms with Crippen molar-refractivity contribution in [2.75, 3.05) is 6.54 Å². The Morgan fingerprint density at radius 1 is 1.05 bits per heavy atom. The van der Waals surface area contributed by atoms with Gasteiger partial charge in [0, 0.05) is 12.1 Å². The summed E-state index contributed by atoms with van der Waals surface area (Å²) in [6.45, 7) is 0.234. The van der Waals surface area contributed by atoms with E-state index >= 15 is 0 Å². The summed E-state index contributed by atoms with van der Waals surface area (Å²) in [5, 5.41) is 15.6. The molecule has 2 rings (SSSR count). The third-order valence-corrected chi connectivity index (χ3v) is 3.15. The molecule has 0 aliphatic heterocycles. The van der Waals surface area contributed by atoms with Gasteiger partial charge in [0.25, 0.3) is 5.91 Å². The fourth-order valence-electron chi connectivity index (χ4n) is 1.79. The normalized spacial score (nSPS) is 11.5. The van der Waals surface area contributed by atoms with Crippen LogP contribution >= 0.6 is 12.2 Å². The minimum absolute atomic E-state index is 0.193. The molecule has 0 saturated carbocycles. The van der Waals surface area contributed by atoms with Crippen LogP contribution < -0.4 is 10.6 Å². The Kier molecular flexibility index (Phi) is 5.43. The van der Waals surface area contributed by atoms with E-state index in [2.05, 4.69) is 10.6 Å². The summed E-state index contributed by atoms with van der Waals surface area (Å²) in [4.78, 5) is 11.9. The highest BCUT2D eigenvalue weighted by molar-refractivity contribution is 7.80. The smallest absolute Gasteiger partial charge is 0.257 e. The standard InChI is InChI=1S/C16H16N2O2S/c19-14(12-7-3-1-4-8-12)11-17-16(21)18-15(20)13-9-5-2-6-10-13/h1-10,14,19H,11H2,(H2,17,18,20,21). The molecule has 0 bridgehead atoms. The quantitative estimate of drug-likeness (QED) is 0.756. The van der Waals surface area contributed by atoms with Crippen LogP contribution in [0.3, 0.4) is 0 Å². The van der Waals surface area contributed by atoms with Crippen LogP contribution in [0.4, 0.5) is 0 Å². The highest BCUT2D eigenvalue weighted by Crippen LogP contribution is 2.10. The molecule has 0 heterocycles. The lowest BCUT2D eigenvalue weighted by Crippen LogP contribution is -2.40. The van der Waals surface area contributed by atoms with Crippen molar-refractivity contribution >= 4 is 23.2 Å². The van der Waals surface area contributed by atoms with E-state index in [0.717, 1.165) is 5.56 Å². The Balaban J connectivity index is 1.81. The van der Waals surface area contributed by atoms with E-state index in [4.69, 9.17) is 12.2 Å². The molecule has 0 aliphatic carbocycles. The first kappa shape index (κ1) is 15.2. The molecule has 2 aromatic rings. The molecule has 21 heavy (non-hydrogen) atoms. The summed E-state index contributed by atoms with van der Waals surface area (Å²) in [5.74, 6) is -0.276. The van der Waals surface area contributed by atoms with Crippen LogP contribution in [0.2, 0.25) is 0 Å². The molecule has 2 aromatic carbocycles. The summed E-state index contributed by atoms with van der Waals surface area (Å²) in [7, 11) is 0. The van der Waals surface area contributed by atoms with Gasteiger partial charge in [0.1, 0.15) is 0 Å². The predicted octanol–water partition coefficient (Wildman–Crippen LogP) is 2.02. The first-order valence-corrected chi connectivity index (χ1v) is 6.95. The van der Waals surface area contributed by atoms with E-state index in [1.807, 2.05) is 36.4 Å². The Hall–Kier alpha value is -2.24. The molecule has 1 atom stereocenters. The van der Waals surface area contributed by atoms with Crippen molar-refractivity contribution in [3.05, 3.63) is 71.8 Å². The number of amides is 1. The molecule has 4 nitrogen and oxygen atoms in total. The number of nitrogens with one attached hydrogen (secondary N) is 2. The van der Waals surface area contributed by atoms with E-state index in [0.29, 0.717) is 5.56 Å². The fourth-order valence-corrected chi connectivity index (χ4v) is 1.97. The fraction of sp³-hybridized carbons (Fsp3) is 0.125. The largest absolute Gasteiger partial charge is 0.387 e. The summed E-state index contributed by atoms with van der Waals surface area (Å²) in [5.41, 5.74) is 1.33. The number of benzene rings is 2. The number of carbonyl (C=O) groups excluding carboxylic acids is 1. The number of rotatable bonds is 4. The average Bonchev–Trinajstić information content (AvgIpc) is 2.54. The maximum absolute atomic E-state index is 11.9. The average molecular weight is 300 g/mol. The van der Waals surface area contributed by atoms with Crippen molar-refractivity contribution in [3.63, 3.8) is 0 Å². The second kappa shape index (κ2) is 7.52. The highest BCUT2D eigenvalue weighted by Gasteiger charge is 2.10. The van der Waals surface area contributed by atoms with E-state index < -0.39 is 6.10 Å². The van der Waals surface area contributed by atoms with Gasteiger partial charge in [-0.25, -0.2) is 0 Å². The molecule has 0 aromatic heterocycles. The lowest BCUT2D eigenvalue weighted by molar-refractivity contribution is 0.0976. The van der Waals surface area contributed by atoms with Gasteiger partial charge in [-0.05, 0) is 29.9 Å². The van der Waals surface area contributed by atoms with Crippen LogP contribution in [0, 0.1) is 0 Å². The van der Waals surface area contributed by atoms with Gasteiger partial charge in [-0.1, -0.05) is 48.5 Å². The van der Waals surface area contributed by atoms with Gasteiger partial charge in [0.2, 0.25) is 0 Å². The zero-order chi connectivity index (χ0) is 15.1. The predicted molar refractivity (Wildman–Crippen MR) is 85.9 cm³/mol. The van der Waals surface area contributed by atoms with Crippen molar-refractivity contribution in [2.45, 2.75) is 6.10 Å². The maximum atomic E-state index is 11.9.